The number of aromatic hydroxyl groups is 1. The van der Waals surface area contributed by atoms with Gasteiger partial charge in [0, 0.05) is 0 Å². The first kappa shape index (κ1) is 12.4. The first-order valence-electron chi connectivity index (χ1n) is 4.00. The Bertz CT molecular complexity index is 380. The van der Waals surface area contributed by atoms with Crippen molar-refractivity contribution in [1.82, 2.24) is 4.98 Å². The van der Waals surface area contributed by atoms with Gasteiger partial charge in [-0.05, 0) is 0 Å². The molecule has 0 saturated heterocycles. The number of methoxy groups -OCH3 is 1. The topological polar surface area (TPSA) is 71.8 Å². The predicted molar refractivity (Wildman–Crippen MR) is 45.1 cm³/mol. The lowest BCUT2D eigenvalue weighted by Gasteiger charge is -2.14. The Morgan fingerprint density at radius 2 is 2.06 bits per heavy atom. The summed E-state index contributed by atoms with van der Waals surface area (Å²) in [5.74, 6) is -1.80. The summed E-state index contributed by atoms with van der Waals surface area (Å²) >= 11 is 0. The van der Waals surface area contributed by atoms with E-state index in [2.05, 4.69) is 14.5 Å². The number of aliphatic hydroxyl groups excluding tert-OH is 1. The quantitative estimate of drug-likeness (QED) is 0.828. The summed E-state index contributed by atoms with van der Waals surface area (Å²) in [4.78, 5) is 3.21. The van der Waals surface area contributed by atoms with Crippen molar-refractivity contribution >= 4 is 0 Å². The number of hydrogen-bond donors (Lipinski definition) is 2. The molecule has 0 atom stereocenters. The van der Waals surface area contributed by atoms with Gasteiger partial charge >= 0.3 is 6.36 Å². The molecule has 5 nitrogen and oxygen atoms in total. The Labute approximate surface area is 88.1 Å². The maximum Gasteiger partial charge on any atom is 0.574 e. The predicted octanol–water partition coefficient (Wildman–Crippen LogP) is 1.19. The van der Waals surface area contributed by atoms with Crippen LogP contribution in [0.25, 0.3) is 0 Å². The zero-order valence-corrected chi connectivity index (χ0v) is 8.08. The first-order valence-corrected chi connectivity index (χ1v) is 4.00. The van der Waals surface area contributed by atoms with Crippen molar-refractivity contribution in [3.63, 3.8) is 0 Å². The van der Waals surface area contributed by atoms with Crippen molar-refractivity contribution in [3.8, 4) is 17.4 Å². The molecule has 0 amide bonds. The highest BCUT2D eigenvalue weighted by atomic mass is 19.4. The summed E-state index contributed by atoms with van der Waals surface area (Å²) in [5.41, 5.74) is -0.225. The Morgan fingerprint density at radius 1 is 1.44 bits per heavy atom. The highest BCUT2D eigenvalue weighted by Crippen LogP contribution is 2.37. The zero-order valence-electron chi connectivity index (χ0n) is 8.08. The van der Waals surface area contributed by atoms with Crippen LogP contribution in [0, 0.1) is 0 Å². The third-order valence-corrected chi connectivity index (χ3v) is 1.66. The second-order valence-corrected chi connectivity index (χ2v) is 2.67. The SMILES string of the molecule is COc1c(OC(F)(F)F)ncc(O)c1CO. The third kappa shape index (κ3) is 2.66. The summed E-state index contributed by atoms with van der Waals surface area (Å²) < 4.78 is 44.0. The van der Waals surface area contributed by atoms with E-state index in [9.17, 15) is 18.3 Å². The van der Waals surface area contributed by atoms with E-state index in [1.165, 1.54) is 0 Å². The standard InChI is InChI=1S/C8H8F3NO4/c1-15-6-4(3-13)5(14)2-12-7(6)16-8(9,10)11/h2,13-14H,3H2,1H3. The van der Waals surface area contributed by atoms with E-state index in [4.69, 9.17) is 5.11 Å². The van der Waals surface area contributed by atoms with Gasteiger partial charge in [0.15, 0.2) is 5.75 Å². The second kappa shape index (κ2) is 4.44. The van der Waals surface area contributed by atoms with Gasteiger partial charge in [-0.15, -0.1) is 13.2 Å². The lowest BCUT2D eigenvalue weighted by molar-refractivity contribution is -0.276. The molecule has 2 N–H and O–H groups in total. The lowest BCUT2D eigenvalue weighted by atomic mass is 10.2. The van der Waals surface area contributed by atoms with Gasteiger partial charge in [-0.1, -0.05) is 0 Å². The van der Waals surface area contributed by atoms with E-state index >= 15 is 0 Å². The fraction of sp³-hybridized carbons (Fsp3) is 0.375. The van der Waals surface area contributed by atoms with Crippen molar-refractivity contribution in [2.24, 2.45) is 0 Å². The molecule has 0 radical (unpaired) electrons. The molecule has 1 rings (SSSR count). The summed E-state index contributed by atoms with van der Waals surface area (Å²) in [6.07, 6.45) is -4.20. The Balaban J connectivity index is 3.19. The molecule has 1 heterocycles. The Kier molecular flexibility index (Phi) is 3.43. The fourth-order valence-corrected chi connectivity index (χ4v) is 1.05. The van der Waals surface area contributed by atoms with E-state index in [0.717, 1.165) is 13.3 Å². The molecule has 0 aliphatic heterocycles. The van der Waals surface area contributed by atoms with Crippen LogP contribution in [0.15, 0.2) is 6.20 Å². The minimum Gasteiger partial charge on any atom is -0.506 e. The van der Waals surface area contributed by atoms with E-state index in [0.29, 0.717) is 0 Å². The van der Waals surface area contributed by atoms with Crippen LogP contribution in [0.4, 0.5) is 13.2 Å². The van der Waals surface area contributed by atoms with Crippen molar-refractivity contribution < 1.29 is 32.9 Å². The van der Waals surface area contributed by atoms with E-state index in [1.807, 2.05) is 0 Å². The average molecular weight is 239 g/mol. The largest absolute Gasteiger partial charge is 0.574 e. The van der Waals surface area contributed by atoms with Crippen LogP contribution < -0.4 is 9.47 Å². The van der Waals surface area contributed by atoms with Crippen LogP contribution in [0.1, 0.15) is 5.56 Å². The maximum atomic E-state index is 12.0. The van der Waals surface area contributed by atoms with Crippen molar-refractivity contribution in [1.29, 1.82) is 0 Å². The molecule has 0 unspecified atom stereocenters. The molecule has 0 saturated carbocycles. The maximum absolute atomic E-state index is 12.0. The summed E-state index contributed by atoms with van der Waals surface area (Å²) in [7, 11) is 1.07. The van der Waals surface area contributed by atoms with E-state index in [1.54, 1.807) is 0 Å². The molecule has 1 aromatic heterocycles. The van der Waals surface area contributed by atoms with E-state index in [-0.39, 0.29) is 5.56 Å². The number of halogens is 3. The first-order chi connectivity index (χ1) is 7.39. The van der Waals surface area contributed by atoms with Gasteiger partial charge in [0.05, 0.1) is 25.5 Å². The number of aromatic nitrogens is 1. The Morgan fingerprint density at radius 3 is 2.50 bits per heavy atom. The highest BCUT2D eigenvalue weighted by molar-refractivity contribution is 5.48. The van der Waals surface area contributed by atoms with Crippen molar-refractivity contribution in [2.45, 2.75) is 13.0 Å². The van der Waals surface area contributed by atoms with Crippen LogP contribution in [-0.2, 0) is 6.61 Å². The number of ether oxygens (including phenoxy) is 2. The van der Waals surface area contributed by atoms with Gasteiger partial charge in [0.1, 0.15) is 5.75 Å². The molecule has 0 aromatic carbocycles. The smallest absolute Gasteiger partial charge is 0.506 e. The van der Waals surface area contributed by atoms with Crippen LogP contribution in [0.2, 0.25) is 0 Å². The monoisotopic (exact) mass is 239 g/mol. The number of aliphatic hydroxyl groups is 1. The minimum absolute atomic E-state index is 0.225. The molecular weight excluding hydrogens is 231 g/mol. The second-order valence-electron chi connectivity index (χ2n) is 2.67. The molecule has 0 aliphatic carbocycles. The van der Waals surface area contributed by atoms with Crippen molar-refractivity contribution in [2.75, 3.05) is 7.11 Å². The molecule has 90 valence electrons. The lowest BCUT2D eigenvalue weighted by Crippen LogP contribution is -2.18. The van der Waals surface area contributed by atoms with Crippen LogP contribution in [0.5, 0.6) is 17.4 Å². The van der Waals surface area contributed by atoms with Crippen molar-refractivity contribution in [3.05, 3.63) is 11.8 Å². The van der Waals surface area contributed by atoms with Gasteiger partial charge in [-0.2, -0.15) is 0 Å². The van der Waals surface area contributed by atoms with Gasteiger partial charge in [-0.3, -0.25) is 0 Å². The molecule has 0 fully saturated rings. The minimum atomic E-state index is -4.93. The Hall–Kier alpha value is -1.70. The molecule has 8 heteroatoms. The number of alkyl halides is 3. The molecular formula is C8H8F3NO4. The normalized spacial score (nSPS) is 11.3. The zero-order chi connectivity index (χ0) is 12.3. The molecule has 0 aliphatic rings. The van der Waals surface area contributed by atoms with Gasteiger partial charge in [0.2, 0.25) is 0 Å². The van der Waals surface area contributed by atoms with Gasteiger partial charge in [0.25, 0.3) is 5.88 Å². The third-order valence-electron chi connectivity index (χ3n) is 1.66. The van der Waals surface area contributed by atoms with Crippen LogP contribution in [-0.4, -0.2) is 28.7 Å². The summed E-state index contributed by atoms with van der Waals surface area (Å²) in [5, 5.41) is 18.1. The van der Waals surface area contributed by atoms with Gasteiger partial charge < -0.3 is 19.7 Å². The number of rotatable bonds is 3. The van der Waals surface area contributed by atoms with Crippen LogP contribution >= 0.6 is 0 Å². The molecule has 0 spiro atoms. The fourth-order valence-electron chi connectivity index (χ4n) is 1.05. The summed E-state index contributed by atoms with van der Waals surface area (Å²) in [6, 6.07) is 0. The average Bonchev–Trinajstić information content (AvgIpc) is 2.18. The highest BCUT2D eigenvalue weighted by Gasteiger charge is 2.34. The van der Waals surface area contributed by atoms with Crippen LogP contribution in [0.3, 0.4) is 0 Å². The number of pyridine rings is 1. The van der Waals surface area contributed by atoms with Gasteiger partial charge in [-0.25, -0.2) is 4.98 Å². The number of hydrogen-bond acceptors (Lipinski definition) is 5. The molecule has 1 aromatic rings. The molecule has 16 heavy (non-hydrogen) atoms. The molecule has 0 bridgehead atoms. The summed E-state index contributed by atoms with van der Waals surface area (Å²) in [6.45, 7) is -0.703. The number of nitrogens with zero attached hydrogens (tertiary/aromatic N) is 1. The van der Waals surface area contributed by atoms with E-state index < -0.39 is 30.3 Å².